The Morgan fingerprint density at radius 3 is 2.04 bits per heavy atom. The quantitative estimate of drug-likeness (QED) is 0.323. The van der Waals surface area contributed by atoms with Crippen LogP contribution in [0.2, 0.25) is 0 Å². The van der Waals surface area contributed by atoms with E-state index in [4.69, 9.17) is 14.2 Å². The summed E-state index contributed by atoms with van der Waals surface area (Å²) in [5.74, 6) is 0.954. The van der Waals surface area contributed by atoms with Gasteiger partial charge in [0.05, 0.1) is 6.61 Å². The van der Waals surface area contributed by atoms with Gasteiger partial charge in [-0.25, -0.2) is 4.79 Å². The summed E-state index contributed by atoms with van der Waals surface area (Å²) in [6.45, 7) is 10.9. The molecule has 2 aromatic rings. The molecule has 2 aromatic carbocycles. The summed E-state index contributed by atoms with van der Waals surface area (Å²) in [5, 5.41) is 0. The largest absolute Gasteiger partial charge is 0.491 e. The van der Waals surface area contributed by atoms with E-state index in [-0.39, 0.29) is 11.5 Å². The van der Waals surface area contributed by atoms with Crippen molar-refractivity contribution < 1.29 is 19.0 Å². The minimum Gasteiger partial charge on any atom is -0.491 e. The molecule has 0 amide bonds. The number of carbonyl (C=O) groups excluding carboxylic acids is 1. The minimum atomic E-state index is -0.413. The number of hydrogen-bond acceptors (Lipinski definition) is 4. The van der Waals surface area contributed by atoms with Gasteiger partial charge in [-0.1, -0.05) is 44.7 Å². The van der Waals surface area contributed by atoms with Crippen molar-refractivity contribution in [2.45, 2.75) is 32.3 Å². The van der Waals surface area contributed by atoms with Crippen molar-refractivity contribution >= 4 is 5.97 Å². The Morgan fingerprint density at radius 2 is 1.58 bits per heavy atom. The number of rotatable bonds is 7. The van der Waals surface area contributed by atoms with Gasteiger partial charge in [-0.2, -0.15) is 0 Å². The molecule has 0 radical (unpaired) electrons. The van der Waals surface area contributed by atoms with Crippen LogP contribution in [0.25, 0.3) is 0 Å². The molecule has 1 aliphatic heterocycles. The van der Waals surface area contributed by atoms with E-state index in [1.165, 1.54) is 5.56 Å². The standard InChI is InChI=1S/C22H24O4/c1-15(2)21(23)26-19-11-7-17(8-12-19)22(3,4)16-5-9-18(10-6-16)24-13-20-14-25-20/h5-12,20H,1,13-14H2,2-4H3. The van der Waals surface area contributed by atoms with Crippen LogP contribution in [0.5, 0.6) is 11.5 Å². The van der Waals surface area contributed by atoms with Crippen molar-refractivity contribution in [2.24, 2.45) is 0 Å². The number of ether oxygens (including phenoxy) is 3. The van der Waals surface area contributed by atoms with Crippen LogP contribution in [0.1, 0.15) is 31.9 Å². The first-order valence-corrected chi connectivity index (χ1v) is 8.69. The second kappa shape index (κ2) is 7.34. The van der Waals surface area contributed by atoms with Gasteiger partial charge in [-0.3, -0.25) is 0 Å². The molecule has 0 N–H and O–H groups in total. The van der Waals surface area contributed by atoms with Crippen LogP contribution >= 0.6 is 0 Å². The zero-order chi connectivity index (χ0) is 18.7. The SMILES string of the molecule is C=C(C)C(=O)Oc1ccc(C(C)(C)c2ccc(OCC3CO3)cc2)cc1. The lowest BCUT2D eigenvalue weighted by Gasteiger charge is -2.26. The van der Waals surface area contributed by atoms with E-state index in [9.17, 15) is 4.79 Å². The normalized spacial score (nSPS) is 16.0. The maximum Gasteiger partial charge on any atom is 0.338 e. The van der Waals surface area contributed by atoms with Crippen molar-refractivity contribution in [3.8, 4) is 11.5 Å². The highest BCUT2D eigenvalue weighted by Gasteiger charge is 2.25. The van der Waals surface area contributed by atoms with Crippen molar-refractivity contribution in [2.75, 3.05) is 13.2 Å². The molecule has 136 valence electrons. The molecule has 4 heteroatoms. The van der Waals surface area contributed by atoms with Crippen LogP contribution in [0.4, 0.5) is 0 Å². The molecular weight excluding hydrogens is 328 g/mol. The Morgan fingerprint density at radius 1 is 1.08 bits per heavy atom. The van der Waals surface area contributed by atoms with Gasteiger partial charge in [-0.15, -0.1) is 0 Å². The molecule has 0 saturated carbocycles. The molecule has 3 rings (SSSR count). The van der Waals surface area contributed by atoms with Crippen LogP contribution in [-0.2, 0) is 14.9 Å². The summed E-state index contributed by atoms with van der Waals surface area (Å²) in [7, 11) is 0. The summed E-state index contributed by atoms with van der Waals surface area (Å²) in [5.41, 5.74) is 2.51. The first-order chi connectivity index (χ1) is 12.4. The maximum absolute atomic E-state index is 11.6. The molecule has 1 saturated heterocycles. The molecular formula is C22H24O4. The smallest absolute Gasteiger partial charge is 0.338 e. The Hall–Kier alpha value is -2.59. The Kier molecular flexibility index (Phi) is 5.14. The molecule has 0 aromatic heterocycles. The zero-order valence-corrected chi connectivity index (χ0v) is 15.5. The summed E-state index contributed by atoms with van der Waals surface area (Å²) < 4.78 is 16.1. The molecule has 1 heterocycles. The van der Waals surface area contributed by atoms with E-state index in [1.54, 1.807) is 6.92 Å². The topological polar surface area (TPSA) is 48.1 Å². The number of hydrogen-bond donors (Lipinski definition) is 0. The number of esters is 1. The monoisotopic (exact) mass is 352 g/mol. The third kappa shape index (κ3) is 4.33. The third-order valence-electron chi connectivity index (χ3n) is 4.55. The van der Waals surface area contributed by atoms with Gasteiger partial charge in [0.2, 0.25) is 0 Å². The summed E-state index contributed by atoms with van der Waals surface area (Å²) in [4.78, 5) is 11.6. The molecule has 0 bridgehead atoms. The van der Waals surface area contributed by atoms with E-state index < -0.39 is 5.97 Å². The first-order valence-electron chi connectivity index (χ1n) is 8.69. The molecule has 4 nitrogen and oxygen atoms in total. The summed E-state index contributed by atoms with van der Waals surface area (Å²) >= 11 is 0. The fourth-order valence-electron chi connectivity index (χ4n) is 2.62. The molecule has 1 unspecified atom stereocenters. The van der Waals surface area contributed by atoms with Crippen LogP contribution in [0.15, 0.2) is 60.7 Å². The summed E-state index contributed by atoms with van der Waals surface area (Å²) in [6, 6.07) is 15.7. The van der Waals surface area contributed by atoms with E-state index in [2.05, 4.69) is 32.6 Å². The number of benzene rings is 2. The number of epoxide rings is 1. The molecule has 1 aliphatic rings. The molecule has 0 spiro atoms. The lowest BCUT2D eigenvalue weighted by atomic mass is 9.78. The second-order valence-electron chi connectivity index (χ2n) is 7.11. The van der Waals surface area contributed by atoms with Crippen LogP contribution < -0.4 is 9.47 Å². The fraction of sp³-hybridized carbons (Fsp3) is 0.318. The molecule has 26 heavy (non-hydrogen) atoms. The fourth-order valence-corrected chi connectivity index (χ4v) is 2.62. The molecule has 0 aliphatic carbocycles. The van der Waals surface area contributed by atoms with Crippen molar-refractivity contribution in [1.29, 1.82) is 0 Å². The first kappa shape index (κ1) is 18.2. The highest BCUT2D eigenvalue weighted by atomic mass is 16.6. The van der Waals surface area contributed by atoms with Gasteiger partial charge >= 0.3 is 5.97 Å². The van der Waals surface area contributed by atoms with E-state index >= 15 is 0 Å². The average molecular weight is 352 g/mol. The molecule has 1 fully saturated rings. The highest BCUT2D eigenvalue weighted by molar-refractivity contribution is 5.88. The van der Waals surface area contributed by atoms with Gasteiger partial charge < -0.3 is 14.2 Å². The third-order valence-corrected chi connectivity index (χ3v) is 4.55. The van der Waals surface area contributed by atoms with Gasteiger partial charge in [0.1, 0.15) is 24.2 Å². The minimum absolute atomic E-state index is 0.185. The van der Waals surface area contributed by atoms with Gasteiger partial charge in [0.15, 0.2) is 0 Å². The summed E-state index contributed by atoms with van der Waals surface area (Å²) in [6.07, 6.45) is 0.253. The van der Waals surface area contributed by atoms with Crippen LogP contribution in [0, 0.1) is 0 Å². The van der Waals surface area contributed by atoms with Gasteiger partial charge in [-0.05, 0) is 42.3 Å². The Bertz CT molecular complexity index is 784. The Labute approximate surface area is 154 Å². The van der Waals surface area contributed by atoms with E-state index in [0.29, 0.717) is 17.9 Å². The zero-order valence-electron chi connectivity index (χ0n) is 15.5. The van der Waals surface area contributed by atoms with E-state index in [1.807, 2.05) is 36.4 Å². The lowest BCUT2D eigenvalue weighted by Crippen LogP contribution is -2.19. The van der Waals surface area contributed by atoms with E-state index in [0.717, 1.165) is 17.9 Å². The predicted octanol–water partition coefficient (Wildman–Crippen LogP) is 4.27. The van der Waals surface area contributed by atoms with Crippen molar-refractivity contribution in [1.82, 2.24) is 0 Å². The second-order valence-corrected chi connectivity index (χ2v) is 7.11. The maximum atomic E-state index is 11.6. The predicted molar refractivity (Wildman–Crippen MR) is 101 cm³/mol. The Balaban J connectivity index is 1.69. The van der Waals surface area contributed by atoms with Crippen LogP contribution in [0.3, 0.4) is 0 Å². The average Bonchev–Trinajstić information content (AvgIpc) is 3.45. The van der Waals surface area contributed by atoms with Gasteiger partial charge in [0, 0.05) is 11.0 Å². The molecule has 1 atom stereocenters. The van der Waals surface area contributed by atoms with Crippen molar-refractivity contribution in [3.05, 3.63) is 71.8 Å². The lowest BCUT2D eigenvalue weighted by molar-refractivity contribution is -0.130. The van der Waals surface area contributed by atoms with Gasteiger partial charge in [0.25, 0.3) is 0 Å². The van der Waals surface area contributed by atoms with Crippen LogP contribution in [-0.4, -0.2) is 25.3 Å². The number of carbonyl (C=O) groups is 1. The van der Waals surface area contributed by atoms with Crippen molar-refractivity contribution in [3.63, 3.8) is 0 Å². The highest BCUT2D eigenvalue weighted by Crippen LogP contribution is 2.33.